The summed E-state index contributed by atoms with van der Waals surface area (Å²) in [6.07, 6.45) is 9.28. The van der Waals surface area contributed by atoms with Gasteiger partial charge in [-0.2, -0.15) is 9.14 Å². The number of allylic oxidation sites excluding steroid dienone is 5. The number of aromatic nitrogens is 1. The third kappa shape index (κ3) is 4.25. The fraction of sp³-hybridized carbons (Fsp3) is 0.0612. The Morgan fingerprint density at radius 2 is 1.45 bits per heavy atom. The van der Waals surface area contributed by atoms with Crippen molar-refractivity contribution in [3.8, 4) is 22.6 Å². The van der Waals surface area contributed by atoms with Crippen LogP contribution in [0.2, 0.25) is 0 Å². The van der Waals surface area contributed by atoms with Crippen LogP contribution in [0.3, 0.4) is 0 Å². The normalized spacial score (nSPS) is 16.8. The summed E-state index contributed by atoms with van der Waals surface area (Å²) < 4.78 is 24.0. The molecule has 260 valence electrons. The van der Waals surface area contributed by atoms with Gasteiger partial charge >= 0.3 is 0 Å². The summed E-state index contributed by atoms with van der Waals surface area (Å²) in [7, 11) is 0. The van der Waals surface area contributed by atoms with Crippen molar-refractivity contribution in [1.29, 1.82) is 0 Å². The Hall–Kier alpha value is -7.18. The highest BCUT2D eigenvalue weighted by Gasteiger charge is 2.42. The smallest absolute Gasteiger partial charge is 0.217 e. The zero-order valence-electron chi connectivity index (χ0n) is 30.0. The summed E-state index contributed by atoms with van der Waals surface area (Å²) in [6, 6.07) is 42.6. The van der Waals surface area contributed by atoms with E-state index < -0.39 is 0 Å². The summed E-state index contributed by atoms with van der Waals surface area (Å²) >= 11 is 0. The molecule has 4 aromatic heterocycles. The molecule has 55 heavy (non-hydrogen) atoms. The van der Waals surface area contributed by atoms with Gasteiger partial charge in [0.15, 0.2) is 12.7 Å². The molecule has 0 amide bonds. The molecule has 5 aromatic carbocycles. The largest absolute Gasteiger partial charge is 0.456 e. The highest BCUT2D eigenvalue weighted by molar-refractivity contribution is 6.15. The quantitative estimate of drug-likeness (QED) is 0.171. The summed E-state index contributed by atoms with van der Waals surface area (Å²) in [5.74, 6) is 1.54. The van der Waals surface area contributed by atoms with E-state index in [1.54, 1.807) is 0 Å². The molecule has 3 aliphatic heterocycles. The van der Waals surface area contributed by atoms with E-state index in [1.807, 2.05) is 37.3 Å². The van der Waals surface area contributed by atoms with Gasteiger partial charge in [0.05, 0.1) is 34.5 Å². The molecule has 0 aliphatic carbocycles. The van der Waals surface area contributed by atoms with Gasteiger partial charge in [-0.3, -0.25) is 4.90 Å². The van der Waals surface area contributed by atoms with Crippen LogP contribution in [0.4, 0.5) is 17.3 Å². The van der Waals surface area contributed by atoms with Crippen LogP contribution >= 0.6 is 0 Å². The molecule has 0 fully saturated rings. The Morgan fingerprint density at radius 1 is 0.673 bits per heavy atom. The standard InChI is InChI=1S/C49H33N3O3/c1-3-4-14-38-30-12-9-16-40-33(30)26-42(50(38)2)37-28-51-23-8-7-15-39(51)32-13-10-17-41(49(32)37)52(40)48-22-21-43(55-48)29-19-20-45-34(24-29)36-25-35-31-11-5-6-18-44(31)53-46(35)27-47(36)54-45/h3-25,27H,2,26,28H2,1H3/q+2/b4-3-,38-14-,42-37+. The monoisotopic (exact) mass is 711 g/mol. The van der Waals surface area contributed by atoms with Crippen LogP contribution in [0.15, 0.2) is 165 Å². The van der Waals surface area contributed by atoms with Crippen LogP contribution in [0.1, 0.15) is 23.6 Å². The zero-order chi connectivity index (χ0) is 36.4. The topological polar surface area (TPSA) is 49.5 Å². The van der Waals surface area contributed by atoms with E-state index in [-0.39, 0.29) is 0 Å². The second-order valence-electron chi connectivity index (χ2n) is 14.6. The van der Waals surface area contributed by atoms with Crippen LogP contribution in [0.25, 0.3) is 77.7 Å². The molecular weight excluding hydrogens is 679 g/mol. The van der Waals surface area contributed by atoms with Gasteiger partial charge in [0.1, 0.15) is 34.8 Å². The van der Waals surface area contributed by atoms with Crippen LogP contribution < -0.4 is 9.47 Å². The van der Waals surface area contributed by atoms with Crippen molar-refractivity contribution >= 4 is 79.1 Å². The summed E-state index contributed by atoms with van der Waals surface area (Å²) in [5.41, 5.74) is 16.1. The summed E-state index contributed by atoms with van der Waals surface area (Å²) in [4.78, 5) is 2.33. The predicted octanol–water partition coefficient (Wildman–Crippen LogP) is 12.1. The third-order valence-electron chi connectivity index (χ3n) is 11.6. The summed E-state index contributed by atoms with van der Waals surface area (Å²) in [5, 5.41) is 4.26. The van der Waals surface area contributed by atoms with Gasteiger partial charge in [0, 0.05) is 68.6 Å². The number of anilines is 3. The Bertz CT molecular complexity index is 3260. The molecular formula is C49H33N3O3+2. The zero-order valence-corrected chi connectivity index (χ0v) is 30.0. The first-order valence-corrected chi connectivity index (χ1v) is 18.7. The van der Waals surface area contributed by atoms with Crippen LogP contribution in [-0.2, 0) is 13.0 Å². The fourth-order valence-corrected chi connectivity index (χ4v) is 9.12. The third-order valence-corrected chi connectivity index (χ3v) is 11.6. The van der Waals surface area contributed by atoms with E-state index in [9.17, 15) is 0 Å². The first-order chi connectivity index (χ1) is 27.1. The molecule has 3 aliphatic rings. The van der Waals surface area contributed by atoms with Crippen LogP contribution in [-0.4, -0.2) is 11.3 Å². The average Bonchev–Trinajstić information content (AvgIpc) is 3.94. The minimum atomic E-state index is 0.743. The number of rotatable bonds is 3. The molecule has 0 atom stereocenters. The van der Waals surface area contributed by atoms with Crippen LogP contribution in [0, 0.1) is 0 Å². The molecule has 2 bridgehead atoms. The minimum absolute atomic E-state index is 0.743. The SMILES string of the molecule is C=[N+]1/C(=C\C=C/C)c2cccc3c2C/C1=C1/C[n+]2ccccc2-c2cccc(c21)N3c1ccc(-c2ccc3oc4cc5oc6ccccc6c5cc4c3c2)o1. The van der Waals surface area contributed by atoms with Crippen molar-refractivity contribution < 1.29 is 22.4 Å². The second-order valence-corrected chi connectivity index (χ2v) is 14.6. The van der Waals surface area contributed by atoms with E-state index >= 15 is 0 Å². The van der Waals surface area contributed by atoms with Gasteiger partial charge in [-0.15, -0.1) is 0 Å². The Labute approximate surface area is 316 Å². The first kappa shape index (κ1) is 30.3. The number of benzene rings is 5. The number of pyridine rings is 1. The molecule has 6 nitrogen and oxygen atoms in total. The maximum atomic E-state index is 6.98. The molecule has 0 radical (unpaired) electrons. The lowest BCUT2D eigenvalue weighted by atomic mass is 9.83. The van der Waals surface area contributed by atoms with Gasteiger partial charge in [-0.1, -0.05) is 42.5 Å². The molecule has 9 aromatic rings. The van der Waals surface area contributed by atoms with Crippen LogP contribution in [0.5, 0.6) is 0 Å². The van der Waals surface area contributed by atoms with E-state index in [0.717, 1.165) is 91.1 Å². The number of hydrogen-bond donors (Lipinski definition) is 0. The highest BCUT2D eigenvalue weighted by atomic mass is 16.4. The lowest BCUT2D eigenvalue weighted by Crippen LogP contribution is -2.41. The fourth-order valence-electron chi connectivity index (χ4n) is 9.12. The lowest BCUT2D eigenvalue weighted by molar-refractivity contribution is -0.675. The molecule has 7 heterocycles. The molecule has 0 spiro atoms. The van der Waals surface area contributed by atoms with Crippen molar-refractivity contribution in [3.63, 3.8) is 0 Å². The number of hydrogen-bond acceptors (Lipinski definition) is 4. The maximum absolute atomic E-state index is 6.98. The second kappa shape index (κ2) is 11.2. The molecule has 12 rings (SSSR count). The van der Waals surface area contributed by atoms with E-state index in [0.29, 0.717) is 0 Å². The Morgan fingerprint density at radius 3 is 2.35 bits per heavy atom. The average molecular weight is 712 g/mol. The molecule has 0 saturated carbocycles. The number of fused-ring (bicyclic) bond motifs is 9. The number of para-hydroxylation sites is 1. The van der Waals surface area contributed by atoms with Gasteiger partial charge in [0.25, 0.3) is 0 Å². The van der Waals surface area contributed by atoms with Crippen molar-refractivity contribution in [3.05, 3.63) is 168 Å². The van der Waals surface area contributed by atoms with Gasteiger partial charge in [-0.25, -0.2) is 0 Å². The lowest BCUT2D eigenvalue weighted by Gasteiger charge is -2.34. The van der Waals surface area contributed by atoms with E-state index in [2.05, 4.69) is 136 Å². The molecule has 0 N–H and O–H groups in total. The van der Waals surface area contributed by atoms with Gasteiger partial charge < -0.3 is 13.3 Å². The van der Waals surface area contributed by atoms with Crippen molar-refractivity contribution in [2.75, 3.05) is 4.90 Å². The number of nitrogens with zero attached hydrogens (tertiary/aromatic N) is 3. The summed E-state index contributed by atoms with van der Waals surface area (Å²) in [6.45, 7) is 7.45. The Balaban J connectivity index is 1.07. The highest BCUT2D eigenvalue weighted by Crippen LogP contribution is 2.52. The first-order valence-electron chi connectivity index (χ1n) is 18.7. The predicted molar refractivity (Wildman–Crippen MR) is 220 cm³/mol. The van der Waals surface area contributed by atoms with E-state index in [1.165, 1.54) is 39.2 Å². The van der Waals surface area contributed by atoms with Gasteiger partial charge in [-0.05, 0) is 73.7 Å². The molecule has 6 heteroatoms. The van der Waals surface area contributed by atoms with Gasteiger partial charge in [0.2, 0.25) is 23.0 Å². The number of furan rings is 3. The Kier molecular flexibility index (Phi) is 6.15. The maximum Gasteiger partial charge on any atom is 0.217 e. The minimum Gasteiger partial charge on any atom is -0.456 e. The molecule has 0 saturated heterocycles. The van der Waals surface area contributed by atoms with Crippen molar-refractivity contribution in [2.45, 2.75) is 19.9 Å². The van der Waals surface area contributed by atoms with Crippen molar-refractivity contribution in [2.24, 2.45) is 0 Å². The van der Waals surface area contributed by atoms with Crippen molar-refractivity contribution in [1.82, 2.24) is 0 Å². The van der Waals surface area contributed by atoms with E-state index in [4.69, 9.17) is 13.3 Å². The molecule has 0 unspecified atom stereocenters.